The number of H-pyrrole nitrogens is 1. The van der Waals surface area contributed by atoms with E-state index in [0.29, 0.717) is 5.92 Å². The van der Waals surface area contributed by atoms with E-state index in [1.165, 1.54) is 17.7 Å². The Morgan fingerprint density at radius 3 is 3.12 bits per heavy atom. The highest BCUT2D eigenvalue weighted by molar-refractivity contribution is 5.11. The Kier molecular flexibility index (Phi) is 2.88. The quantitative estimate of drug-likeness (QED) is 0.871. The molecule has 4 nitrogen and oxygen atoms in total. The third kappa shape index (κ3) is 2.36. The fourth-order valence-electron chi connectivity index (χ4n) is 2.47. The van der Waals surface area contributed by atoms with Gasteiger partial charge in [-0.2, -0.15) is 5.10 Å². The van der Waals surface area contributed by atoms with E-state index >= 15 is 0 Å². The number of likely N-dealkylation sites (tertiary alicyclic amines) is 1. The Morgan fingerprint density at radius 1 is 1.35 bits per heavy atom. The molecule has 1 N–H and O–H groups in total. The van der Waals surface area contributed by atoms with E-state index in [-0.39, 0.29) is 0 Å². The lowest BCUT2D eigenvalue weighted by Gasteiger charge is -2.15. The van der Waals surface area contributed by atoms with Gasteiger partial charge in [-0.1, -0.05) is 6.07 Å². The largest absolute Gasteiger partial charge is 0.298 e. The molecule has 1 unspecified atom stereocenters. The van der Waals surface area contributed by atoms with Crippen molar-refractivity contribution in [3.05, 3.63) is 48.0 Å². The lowest BCUT2D eigenvalue weighted by atomic mass is 10.1. The third-order valence-electron chi connectivity index (χ3n) is 3.36. The first-order valence-corrected chi connectivity index (χ1v) is 6.02. The highest BCUT2D eigenvalue weighted by Crippen LogP contribution is 2.26. The van der Waals surface area contributed by atoms with Crippen molar-refractivity contribution >= 4 is 0 Å². The molecular weight excluding hydrogens is 212 g/mol. The van der Waals surface area contributed by atoms with Crippen LogP contribution in [0.3, 0.4) is 0 Å². The molecule has 0 aliphatic carbocycles. The molecule has 3 heterocycles. The van der Waals surface area contributed by atoms with Crippen LogP contribution < -0.4 is 0 Å². The molecule has 1 aliphatic heterocycles. The predicted octanol–water partition coefficient (Wildman–Crippen LogP) is 1.79. The highest BCUT2D eigenvalue weighted by atomic mass is 15.2. The van der Waals surface area contributed by atoms with Crippen LogP contribution in [0.15, 0.2) is 36.8 Å². The predicted molar refractivity (Wildman–Crippen MR) is 65.5 cm³/mol. The van der Waals surface area contributed by atoms with Crippen molar-refractivity contribution in [1.29, 1.82) is 0 Å². The van der Waals surface area contributed by atoms with Crippen LogP contribution in [0.5, 0.6) is 0 Å². The fourth-order valence-corrected chi connectivity index (χ4v) is 2.47. The summed E-state index contributed by atoms with van der Waals surface area (Å²) >= 11 is 0. The molecule has 0 bridgehead atoms. The summed E-state index contributed by atoms with van der Waals surface area (Å²) in [5, 5.41) is 7.10. The number of nitrogens with zero attached hydrogens (tertiary/aromatic N) is 3. The molecule has 2 aromatic rings. The molecule has 1 saturated heterocycles. The summed E-state index contributed by atoms with van der Waals surface area (Å²) in [5.41, 5.74) is 2.55. The first-order chi connectivity index (χ1) is 8.42. The highest BCUT2D eigenvalue weighted by Gasteiger charge is 2.24. The van der Waals surface area contributed by atoms with Crippen molar-refractivity contribution in [2.45, 2.75) is 18.9 Å². The molecule has 17 heavy (non-hydrogen) atoms. The van der Waals surface area contributed by atoms with Crippen LogP contribution >= 0.6 is 0 Å². The number of rotatable bonds is 3. The van der Waals surface area contributed by atoms with Gasteiger partial charge in [-0.05, 0) is 30.7 Å². The molecule has 1 atom stereocenters. The zero-order chi connectivity index (χ0) is 11.5. The van der Waals surface area contributed by atoms with E-state index in [2.05, 4.69) is 32.2 Å². The second-order valence-electron chi connectivity index (χ2n) is 4.59. The van der Waals surface area contributed by atoms with Crippen LogP contribution in [0.1, 0.15) is 23.6 Å². The van der Waals surface area contributed by atoms with Crippen LogP contribution in [0.25, 0.3) is 0 Å². The molecule has 0 spiro atoms. The van der Waals surface area contributed by atoms with Crippen molar-refractivity contribution in [3.8, 4) is 0 Å². The smallest absolute Gasteiger partial charge is 0.0490 e. The summed E-state index contributed by atoms with van der Waals surface area (Å²) < 4.78 is 0. The molecule has 3 rings (SSSR count). The SMILES string of the molecule is c1cncc(CN2CCC(c3ccn[nH]3)C2)c1. The molecule has 4 heteroatoms. The van der Waals surface area contributed by atoms with Gasteiger partial charge in [0.1, 0.15) is 0 Å². The molecule has 0 amide bonds. The average molecular weight is 228 g/mol. The van der Waals surface area contributed by atoms with Gasteiger partial charge in [0.05, 0.1) is 0 Å². The summed E-state index contributed by atoms with van der Waals surface area (Å²) in [4.78, 5) is 6.63. The molecule has 1 aliphatic rings. The molecule has 88 valence electrons. The minimum atomic E-state index is 0.606. The fraction of sp³-hybridized carbons (Fsp3) is 0.385. The number of nitrogens with one attached hydrogen (secondary N) is 1. The lowest BCUT2D eigenvalue weighted by Crippen LogP contribution is -2.19. The van der Waals surface area contributed by atoms with E-state index in [9.17, 15) is 0 Å². The van der Waals surface area contributed by atoms with Gasteiger partial charge in [0.15, 0.2) is 0 Å². The van der Waals surface area contributed by atoms with Crippen LogP contribution in [0, 0.1) is 0 Å². The Hall–Kier alpha value is -1.68. The molecule has 0 radical (unpaired) electrons. The molecule has 0 saturated carbocycles. The maximum Gasteiger partial charge on any atom is 0.0490 e. The summed E-state index contributed by atoms with van der Waals surface area (Å²) in [6.07, 6.45) is 6.81. The standard InChI is InChI=1S/C13H16N4/c1-2-11(8-14-5-1)9-17-7-4-12(10-17)13-3-6-15-16-13/h1-3,5-6,8,12H,4,7,9-10H2,(H,15,16). The van der Waals surface area contributed by atoms with E-state index in [1.54, 1.807) is 0 Å². The normalized spacial score (nSPS) is 20.8. The van der Waals surface area contributed by atoms with Gasteiger partial charge >= 0.3 is 0 Å². The number of hydrogen-bond donors (Lipinski definition) is 1. The summed E-state index contributed by atoms with van der Waals surface area (Å²) in [5.74, 6) is 0.606. The average Bonchev–Trinajstić information content (AvgIpc) is 3.00. The number of pyridine rings is 1. The first kappa shape index (κ1) is 10.5. The monoisotopic (exact) mass is 228 g/mol. The van der Waals surface area contributed by atoms with Gasteiger partial charge in [0.25, 0.3) is 0 Å². The van der Waals surface area contributed by atoms with Crippen molar-refractivity contribution in [2.24, 2.45) is 0 Å². The van der Waals surface area contributed by atoms with Crippen LogP contribution in [-0.4, -0.2) is 33.2 Å². The topological polar surface area (TPSA) is 44.8 Å². The van der Waals surface area contributed by atoms with Gasteiger partial charge in [0.2, 0.25) is 0 Å². The molecule has 0 aromatic carbocycles. The maximum atomic E-state index is 4.15. The first-order valence-electron chi connectivity index (χ1n) is 6.02. The lowest BCUT2D eigenvalue weighted by molar-refractivity contribution is 0.326. The number of aromatic amines is 1. The van der Waals surface area contributed by atoms with Crippen molar-refractivity contribution in [1.82, 2.24) is 20.1 Å². The van der Waals surface area contributed by atoms with Crippen LogP contribution in [0.4, 0.5) is 0 Å². The second kappa shape index (κ2) is 4.67. The Balaban J connectivity index is 1.61. The zero-order valence-corrected chi connectivity index (χ0v) is 9.71. The van der Waals surface area contributed by atoms with Crippen molar-refractivity contribution in [2.75, 3.05) is 13.1 Å². The van der Waals surface area contributed by atoms with Gasteiger partial charge < -0.3 is 0 Å². The Morgan fingerprint density at radius 2 is 2.35 bits per heavy atom. The molecule has 2 aromatic heterocycles. The van der Waals surface area contributed by atoms with Gasteiger partial charge in [-0.3, -0.25) is 15.0 Å². The third-order valence-corrected chi connectivity index (χ3v) is 3.36. The van der Waals surface area contributed by atoms with Gasteiger partial charge in [-0.25, -0.2) is 0 Å². The van der Waals surface area contributed by atoms with E-state index < -0.39 is 0 Å². The zero-order valence-electron chi connectivity index (χ0n) is 9.71. The van der Waals surface area contributed by atoms with Crippen LogP contribution in [0.2, 0.25) is 0 Å². The molecular formula is C13H16N4. The minimum Gasteiger partial charge on any atom is -0.298 e. The Labute approximate surface area is 101 Å². The van der Waals surface area contributed by atoms with E-state index in [4.69, 9.17) is 0 Å². The van der Waals surface area contributed by atoms with Crippen molar-refractivity contribution in [3.63, 3.8) is 0 Å². The minimum absolute atomic E-state index is 0.606. The van der Waals surface area contributed by atoms with Gasteiger partial charge in [0, 0.05) is 43.3 Å². The van der Waals surface area contributed by atoms with Crippen LogP contribution in [-0.2, 0) is 6.54 Å². The van der Waals surface area contributed by atoms with E-state index in [1.807, 2.05) is 24.7 Å². The maximum absolute atomic E-state index is 4.15. The van der Waals surface area contributed by atoms with Crippen molar-refractivity contribution < 1.29 is 0 Å². The van der Waals surface area contributed by atoms with E-state index in [0.717, 1.165) is 19.6 Å². The number of hydrogen-bond acceptors (Lipinski definition) is 3. The van der Waals surface area contributed by atoms with Gasteiger partial charge in [-0.15, -0.1) is 0 Å². The summed E-state index contributed by atoms with van der Waals surface area (Å²) in [6.45, 7) is 3.26. The summed E-state index contributed by atoms with van der Waals surface area (Å²) in [7, 11) is 0. The molecule has 1 fully saturated rings. The number of aromatic nitrogens is 3. The second-order valence-corrected chi connectivity index (χ2v) is 4.59. The Bertz CT molecular complexity index is 452. The summed E-state index contributed by atoms with van der Waals surface area (Å²) in [6, 6.07) is 6.21.